The van der Waals surface area contributed by atoms with E-state index in [1.807, 2.05) is 44.5 Å². The van der Waals surface area contributed by atoms with E-state index in [-0.39, 0.29) is 24.1 Å². The molecule has 0 bridgehead atoms. The predicted molar refractivity (Wildman–Crippen MR) is 168 cm³/mol. The number of imidazole rings is 1. The van der Waals surface area contributed by atoms with Gasteiger partial charge in [-0.1, -0.05) is 42.0 Å². The maximum atomic E-state index is 13.2. The molecular weight excluding hydrogens is 568 g/mol. The number of ether oxygens (including phenoxy) is 1. The molecule has 2 atom stereocenters. The lowest BCUT2D eigenvalue weighted by molar-refractivity contribution is -0.131. The van der Waals surface area contributed by atoms with Gasteiger partial charge in [0.2, 0.25) is 0 Å². The monoisotopic (exact) mass is 610 g/mol. The Balaban J connectivity index is 0.00000135. The number of aromatic nitrogens is 2. The summed E-state index contributed by atoms with van der Waals surface area (Å²) in [7, 11) is 1.90. The molecule has 5 rings (SSSR count). The van der Waals surface area contributed by atoms with Crippen LogP contribution in [0.1, 0.15) is 68.9 Å². The number of nitrogens with one attached hydrogen (secondary N) is 1. The van der Waals surface area contributed by atoms with Gasteiger partial charge in [0, 0.05) is 44.3 Å². The molecule has 4 N–H and O–H groups in total. The lowest BCUT2D eigenvalue weighted by atomic mass is 9.90. The van der Waals surface area contributed by atoms with Crippen LogP contribution < -0.4 is 11.1 Å². The van der Waals surface area contributed by atoms with Crippen LogP contribution in [0.3, 0.4) is 0 Å². The molecule has 1 aliphatic heterocycles. The molecule has 2 fully saturated rings. The molecule has 10 nitrogen and oxygen atoms in total. The molecular formula is C32H43ClN6O4. The fourth-order valence-electron chi connectivity index (χ4n) is 5.56. The number of allylic oxidation sites excluding steroid dienone is 2. The predicted octanol–water partition coefficient (Wildman–Crippen LogP) is 4.48. The van der Waals surface area contributed by atoms with E-state index in [1.165, 1.54) is 6.20 Å². The minimum absolute atomic E-state index is 0.0472. The number of nitrogens with zero attached hydrogens (tertiary/aromatic N) is 4. The summed E-state index contributed by atoms with van der Waals surface area (Å²) in [6, 6.07) is 5.45. The lowest BCUT2D eigenvalue weighted by Crippen LogP contribution is -2.50. The second-order valence-electron chi connectivity index (χ2n) is 11.5. The van der Waals surface area contributed by atoms with Crippen molar-refractivity contribution in [1.82, 2.24) is 24.7 Å². The quantitative estimate of drug-likeness (QED) is 0.440. The number of carbonyl (C=O) groups is 2. The topological polar surface area (TPSA) is 126 Å². The molecule has 0 radical (unpaired) electrons. The highest BCUT2D eigenvalue weighted by molar-refractivity contribution is 6.30. The molecule has 232 valence electrons. The Hall–Kier alpha value is -3.60. The number of rotatable bonds is 6. The first-order valence-electron chi connectivity index (χ1n) is 14.7. The van der Waals surface area contributed by atoms with Crippen LogP contribution in [0.15, 0.2) is 61.2 Å². The molecule has 2 aromatic rings. The molecule has 2 amide bonds. The minimum Gasteiger partial charge on any atom is -0.447 e. The highest BCUT2D eigenvalue weighted by atomic mass is 35.5. The number of amides is 2. The van der Waals surface area contributed by atoms with E-state index in [1.54, 1.807) is 17.4 Å². The van der Waals surface area contributed by atoms with E-state index in [0.717, 1.165) is 34.4 Å². The fraction of sp³-hybridized carbons (Fsp3) is 0.469. The summed E-state index contributed by atoms with van der Waals surface area (Å²) >= 11 is 6.59. The molecule has 0 spiro atoms. The van der Waals surface area contributed by atoms with Crippen molar-refractivity contribution in [1.29, 1.82) is 0 Å². The van der Waals surface area contributed by atoms with Crippen LogP contribution in [0.25, 0.3) is 5.57 Å². The normalized spacial score (nSPS) is 21.1. The van der Waals surface area contributed by atoms with Crippen LogP contribution in [0.4, 0.5) is 4.79 Å². The molecule has 2 aliphatic carbocycles. The van der Waals surface area contributed by atoms with Gasteiger partial charge in [-0.2, -0.15) is 0 Å². The van der Waals surface area contributed by atoms with Gasteiger partial charge in [-0.25, -0.2) is 9.78 Å². The molecule has 1 aromatic carbocycles. The number of benzene rings is 1. The van der Waals surface area contributed by atoms with E-state index >= 15 is 0 Å². The van der Waals surface area contributed by atoms with Crippen molar-refractivity contribution in [3.05, 3.63) is 83.1 Å². The van der Waals surface area contributed by atoms with Crippen molar-refractivity contribution in [2.75, 3.05) is 26.2 Å². The first kappa shape index (κ1) is 32.3. The standard InChI is InChI=1S/C30H38ClN5O4.C2H5N/c1-5-20-14-24(27(26-17-32-18-34(26)4)33-28(37)30(39)8-9-30)23-16-21(31)6-7-22(23)25(15-20)35-10-12-36(13-11-35)29(38)40-19(2)3;1-2-3/h5-7,14,16-19,25,27,39H,8-13,15H2,1-4H3,(H,33,37);2H,1,3H2/b20-5-;. The maximum Gasteiger partial charge on any atom is 0.410 e. The number of aryl methyl sites for hydroxylation is 1. The Kier molecular flexibility index (Phi) is 10.4. The van der Waals surface area contributed by atoms with Crippen LogP contribution >= 0.6 is 11.6 Å². The van der Waals surface area contributed by atoms with Gasteiger partial charge in [0.05, 0.1) is 30.4 Å². The van der Waals surface area contributed by atoms with Gasteiger partial charge >= 0.3 is 6.09 Å². The van der Waals surface area contributed by atoms with Crippen LogP contribution in [-0.2, 0) is 16.6 Å². The van der Waals surface area contributed by atoms with Gasteiger partial charge < -0.3 is 30.4 Å². The third-order valence-electron chi connectivity index (χ3n) is 8.06. The number of aliphatic hydroxyl groups is 1. The minimum atomic E-state index is -1.32. The van der Waals surface area contributed by atoms with Crippen molar-refractivity contribution >= 4 is 29.2 Å². The zero-order valence-corrected chi connectivity index (χ0v) is 26.2. The number of piperazine rings is 1. The molecule has 2 heterocycles. The number of halogens is 1. The summed E-state index contributed by atoms with van der Waals surface area (Å²) in [4.78, 5) is 34.2. The summed E-state index contributed by atoms with van der Waals surface area (Å²) in [6.45, 7) is 11.5. The second-order valence-corrected chi connectivity index (χ2v) is 11.9. The van der Waals surface area contributed by atoms with E-state index in [0.29, 0.717) is 44.0 Å². The first-order valence-corrected chi connectivity index (χ1v) is 15.1. The Morgan fingerprint density at radius 2 is 1.93 bits per heavy atom. The smallest absolute Gasteiger partial charge is 0.410 e. The van der Waals surface area contributed by atoms with Crippen molar-refractivity contribution in [2.24, 2.45) is 12.8 Å². The van der Waals surface area contributed by atoms with Gasteiger partial charge in [-0.05, 0) is 75.1 Å². The van der Waals surface area contributed by atoms with E-state index in [4.69, 9.17) is 16.3 Å². The lowest BCUT2D eigenvalue weighted by Gasteiger charge is -2.39. The molecule has 1 saturated heterocycles. The van der Waals surface area contributed by atoms with E-state index in [9.17, 15) is 14.7 Å². The van der Waals surface area contributed by atoms with Gasteiger partial charge in [-0.3, -0.25) is 9.69 Å². The summed E-state index contributed by atoms with van der Waals surface area (Å²) in [6.07, 6.45) is 10.2. The van der Waals surface area contributed by atoms with E-state index < -0.39 is 11.6 Å². The van der Waals surface area contributed by atoms with Gasteiger partial charge in [0.15, 0.2) is 0 Å². The Bertz CT molecular complexity index is 1390. The summed E-state index contributed by atoms with van der Waals surface area (Å²) < 4.78 is 7.31. The highest BCUT2D eigenvalue weighted by Crippen LogP contribution is 2.44. The molecule has 3 aliphatic rings. The SMILES string of the molecule is C/C=C1/C=C(C(NC(=O)C2(O)CC2)c2cncn2C)c2cc(Cl)ccc2C(N2CCN(C(=O)OC(C)C)CC2)C1.C=CN. The average molecular weight is 611 g/mol. The zero-order valence-electron chi connectivity index (χ0n) is 25.4. The maximum absolute atomic E-state index is 13.2. The van der Waals surface area contributed by atoms with Crippen LogP contribution in [0.2, 0.25) is 5.02 Å². The Morgan fingerprint density at radius 3 is 2.49 bits per heavy atom. The zero-order chi connectivity index (χ0) is 31.3. The van der Waals surface area contributed by atoms with Gasteiger partial charge in [-0.15, -0.1) is 0 Å². The molecule has 11 heteroatoms. The van der Waals surface area contributed by atoms with Crippen molar-refractivity contribution in [3.63, 3.8) is 0 Å². The van der Waals surface area contributed by atoms with Gasteiger partial charge in [0.1, 0.15) is 5.60 Å². The summed E-state index contributed by atoms with van der Waals surface area (Å²) in [5, 5.41) is 14.3. The highest BCUT2D eigenvalue weighted by Gasteiger charge is 2.49. The molecule has 1 aromatic heterocycles. The first-order chi connectivity index (χ1) is 20.5. The summed E-state index contributed by atoms with van der Waals surface area (Å²) in [5.74, 6) is -0.379. The van der Waals surface area contributed by atoms with Gasteiger partial charge in [0.25, 0.3) is 5.91 Å². The van der Waals surface area contributed by atoms with Crippen molar-refractivity contribution in [3.8, 4) is 0 Å². The van der Waals surface area contributed by atoms with Crippen LogP contribution in [0, 0.1) is 0 Å². The number of nitrogens with two attached hydrogens (primary N) is 1. The number of fused-ring (bicyclic) bond motifs is 1. The Morgan fingerprint density at radius 1 is 1.26 bits per heavy atom. The van der Waals surface area contributed by atoms with Crippen molar-refractivity contribution in [2.45, 2.75) is 63.8 Å². The number of hydrogen-bond acceptors (Lipinski definition) is 7. The number of hydrogen-bond donors (Lipinski definition) is 3. The molecule has 1 saturated carbocycles. The average Bonchev–Trinajstić information content (AvgIpc) is 3.63. The second kappa shape index (κ2) is 13.8. The van der Waals surface area contributed by atoms with Crippen molar-refractivity contribution < 1.29 is 19.4 Å². The molecule has 2 unspecified atom stereocenters. The largest absolute Gasteiger partial charge is 0.447 e. The van der Waals surface area contributed by atoms with Crippen LogP contribution in [-0.4, -0.2) is 74.3 Å². The van der Waals surface area contributed by atoms with E-state index in [2.05, 4.69) is 45.7 Å². The third kappa shape index (κ3) is 7.49. The fourth-order valence-corrected chi connectivity index (χ4v) is 5.74. The third-order valence-corrected chi connectivity index (χ3v) is 8.29. The summed E-state index contributed by atoms with van der Waals surface area (Å²) in [5.41, 5.74) is 8.18. The number of carbonyl (C=O) groups excluding carboxylic acids is 2. The van der Waals surface area contributed by atoms with Crippen LogP contribution in [0.5, 0.6) is 0 Å². The Labute approximate surface area is 258 Å². The molecule has 43 heavy (non-hydrogen) atoms.